The minimum absolute atomic E-state index is 0.123. The molecule has 8 nitrogen and oxygen atoms in total. The van der Waals surface area contributed by atoms with Crippen molar-refractivity contribution in [2.45, 2.75) is 49.8 Å². The Morgan fingerprint density at radius 3 is 2.52 bits per heavy atom. The SMILES string of the molecule is Cc1cc(S(=O)(=O)C2CCN(C)CC2)ccc1Nc1ncc2cc(Cl)c(=O)n(C(C)C)c2n1. The van der Waals surface area contributed by atoms with E-state index in [9.17, 15) is 13.2 Å². The van der Waals surface area contributed by atoms with Gasteiger partial charge in [-0.2, -0.15) is 4.98 Å². The molecule has 4 rings (SSSR count). The first-order chi connectivity index (χ1) is 15.6. The highest BCUT2D eigenvalue weighted by Crippen LogP contribution is 2.28. The Morgan fingerprint density at radius 2 is 1.88 bits per heavy atom. The van der Waals surface area contributed by atoms with Crippen LogP contribution in [0.5, 0.6) is 0 Å². The summed E-state index contributed by atoms with van der Waals surface area (Å²) in [6.07, 6.45) is 2.90. The molecule has 1 fully saturated rings. The van der Waals surface area contributed by atoms with E-state index in [-0.39, 0.29) is 21.9 Å². The highest BCUT2D eigenvalue weighted by atomic mass is 35.5. The lowest BCUT2D eigenvalue weighted by molar-refractivity contribution is 0.277. The number of rotatable bonds is 5. The summed E-state index contributed by atoms with van der Waals surface area (Å²) in [5, 5.41) is 3.59. The van der Waals surface area contributed by atoms with E-state index >= 15 is 0 Å². The maximum absolute atomic E-state index is 13.1. The normalized spacial score (nSPS) is 15.9. The van der Waals surface area contributed by atoms with Crippen molar-refractivity contribution in [2.24, 2.45) is 0 Å². The van der Waals surface area contributed by atoms with Crippen LogP contribution in [0.2, 0.25) is 5.02 Å². The summed E-state index contributed by atoms with van der Waals surface area (Å²) in [5.74, 6) is 0.313. The molecule has 3 heterocycles. The summed E-state index contributed by atoms with van der Waals surface area (Å²) >= 11 is 6.09. The molecule has 2 aromatic heterocycles. The summed E-state index contributed by atoms with van der Waals surface area (Å²) in [6, 6.07) is 6.50. The Kier molecular flexibility index (Phi) is 6.48. The molecular weight excluding hydrogens is 462 g/mol. The Balaban J connectivity index is 1.64. The number of anilines is 2. The van der Waals surface area contributed by atoms with Crippen LogP contribution in [0.3, 0.4) is 0 Å². The molecule has 1 N–H and O–H groups in total. The first kappa shape index (κ1) is 23.7. The molecular formula is C23H28ClN5O3S. The Bertz CT molecular complexity index is 1360. The molecule has 0 atom stereocenters. The summed E-state index contributed by atoms with van der Waals surface area (Å²) in [6.45, 7) is 7.20. The van der Waals surface area contributed by atoms with Gasteiger partial charge in [-0.25, -0.2) is 13.4 Å². The second-order valence-corrected chi connectivity index (χ2v) is 11.5. The van der Waals surface area contributed by atoms with Crippen molar-refractivity contribution in [2.75, 3.05) is 25.5 Å². The zero-order valence-corrected chi connectivity index (χ0v) is 20.7. The van der Waals surface area contributed by atoms with E-state index in [1.54, 1.807) is 30.5 Å². The topological polar surface area (TPSA) is 97.2 Å². The highest BCUT2D eigenvalue weighted by molar-refractivity contribution is 7.92. The number of sulfone groups is 1. The van der Waals surface area contributed by atoms with E-state index in [2.05, 4.69) is 20.2 Å². The zero-order chi connectivity index (χ0) is 23.9. The molecule has 1 aromatic carbocycles. The zero-order valence-electron chi connectivity index (χ0n) is 19.2. The van der Waals surface area contributed by atoms with Gasteiger partial charge in [0.25, 0.3) is 5.56 Å². The molecule has 0 aliphatic carbocycles. The number of nitrogens with zero attached hydrogens (tertiary/aromatic N) is 4. The fraction of sp³-hybridized carbons (Fsp3) is 0.435. The number of pyridine rings is 1. The van der Waals surface area contributed by atoms with Crippen LogP contribution in [0.15, 0.2) is 40.2 Å². The predicted molar refractivity (Wildman–Crippen MR) is 131 cm³/mol. The van der Waals surface area contributed by atoms with E-state index in [0.717, 1.165) is 18.7 Å². The minimum atomic E-state index is -3.39. The van der Waals surface area contributed by atoms with Crippen molar-refractivity contribution in [3.8, 4) is 0 Å². The minimum Gasteiger partial charge on any atom is -0.324 e. The fourth-order valence-corrected chi connectivity index (χ4v) is 6.21. The van der Waals surface area contributed by atoms with Gasteiger partial charge >= 0.3 is 0 Å². The van der Waals surface area contributed by atoms with Crippen molar-refractivity contribution in [3.63, 3.8) is 0 Å². The van der Waals surface area contributed by atoms with Crippen molar-refractivity contribution < 1.29 is 8.42 Å². The standard InChI is InChI=1S/C23H28ClN5O3S/c1-14(2)29-21-16(12-19(24)22(29)30)13-25-23(27-21)26-20-6-5-18(11-15(20)3)33(31,32)17-7-9-28(4)10-8-17/h5-6,11-14,17H,7-10H2,1-4H3,(H,25,26,27). The fourth-order valence-electron chi connectivity index (χ4n) is 4.19. The van der Waals surface area contributed by atoms with E-state index in [1.807, 2.05) is 27.8 Å². The third-order valence-corrected chi connectivity index (χ3v) is 8.65. The van der Waals surface area contributed by atoms with Crippen LogP contribution in [-0.4, -0.2) is 53.2 Å². The van der Waals surface area contributed by atoms with Crippen molar-refractivity contribution in [1.82, 2.24) is 19.4 Å². The summed E-state index contributed by atoms with van der Waals surface area (Å²) in [5.41, 5.74) is 1.65. The van der Waals surface area contributed by atoms with Crippen molar-refractivity contribution in [1.29, 1.82) is 0 Å². The lowest BCUT2D eigenvalue weighted by Crippen LogP contribution is -2.37. The predicted octanol–water partition coefficient (Wildman–Crippen LogP) is 3.95. The van der Waals surface area contributed by atoms with E-state index in [4.69, 9.17) is 11.6 Å². The highest BCUT2D eigenvalue weighted by Gasteiger charge is 2.30. The van der Waals surface area contributed by atoms with Crippen molar-refractivity contribution >= 4 is 44.1 Å². The van der Waals surface area contributed by atoms with Crippen LogP contribution in [0.1, 0.15) is 38.3 Å². The smallest absolute Gasteiger partial charge is 0.271 e. The number of hydrogen-bond donors (Lipinski definition) is 1. The van der Waals surface area contributed by atoms with Crippen LogP contribution in [0, 0.1) is 6.92 Å². The quantitative estimate of drug-likeness (QED) is 0.579. The molecule has 1 aliphatic heterocycles. The van der Waals surface area contributed by atoms with Gasteiger partial charge < -0.3 is 10.2 Å². The second kappa shape index (κ2) is 9.04. The average Bonchev–Trinajstić information content (AvgIpc) is 2.76. The number of hydrogen-bond acceptors (Lipinski definition) is 7. The molecule has 176 valence electrons. The number of aromatic nitrogens is 3. The molecule has 0 saturated carbocycles. The Hall–Kier alpha value is -2.49. The largest absolute Gasteiger partial charge is 0.324 e. The van der Waals surface area contributed by atoms with Crippen molar-refractivity contribution in [3.05, 3.63) is 51.4 Å². The monoisotopic (exact) mass is 489 g/mol. The molecule has 3 aromatic rings. The molecule has 10 heteroatoms. The summed E-state index contributed by atoms with van der Waals surface area (Å²) in [7, 11) is -1.38. The van der Waals surface area contributed by atoms with Gasteiger partial charge in [0.1, 0.15) is 10.7 Å². The number of aryl methyl sites for hydroxylation is 1. The van der Waals surface area contributed by atoms with Gasteiger partial charge in [-0.15, -0.1) is 0 Å². The van der Waals surface area contributed by atoms with E-state index in [0.29, 0.717) is 40.4 Å². The molecule has 1 saturated heterocycles. The number of piperidine rings is 1. The number of halogens is 1. The van der Waals surface area contributed by atoms with Gasteiger partial charge in [0.2, 0.25) is 5.95 Å². The first-order valence-electron chi connectivity index (χ1n) is 11.0. The van der Waals surface area contributed by atoms with Crippen LogP contribution in [0.25, 0.3) is 11.0 Å². The molecule has 0 amide bonds. The van der Waals surface area contributed by atoms with Crippen LogP contribution < -0.4 is 10.9 Å². The van der Waals surface area contributed by atoms with Gasteiger partial charge in [-0.05, 0) is 83.6 Å². The summed E-state index contributed by atoms with van der Waals surface area (Å²) < 4.78 is 27.8. The molecule has 33 heavy (non-hydrogen) atoms. The van der Waals surface area contributed by atoms with E-state index in [1.165, 1.54) is 4.57 Å². The first-order valence-corrected chi connectivity index (χ1v) is 12.9. The lowest BCUT2D eigenvalue weighted by Gasteiger charge is -2.28. The molecule has 0 spiro atoms. The number of nitrogens with one attached hydrogen (secondary N) is 1. The van der Waals surface area contributed by atoms with Crippen LogP contribution >= 0.6 is 11.6 Å². The number of benzene rings is 1. The summed E-state index contributed by atoms with van der Waals surface area (Å²) in [4.78, 5) is 23.9. The van der Waals surface area contributed by atoms with Gasteiger partial charge in [-0.1, -0.05) is 11.6 Å². The van der Waals surface area contributed by atoms with Gasteiger partial charge in [0.15, 0.2) is 9.84 Å². The number of fused-ring (bicyclic) bond motifs is 1. The maximum Gasteiger partial charge on any atom is 0.271 e. The molecule has 0 unspecified atom stereocenters. The Morgan fingerprint density at radius 1 is 1.18 bits per heavy atom. The van der Waals surface area contributed by atoms with Crippen LogP contribution in [0.4, 0.5) is 11.6 Å². The third-order valence-electron chi connectivity index (χ3n) is 6.12. The average molecular weight is 490 g/mol. The van der Waals surface area contributed by atoms with Gasteiger partial charge in [0.05, 0.1) is 10.1 Å². The Labute approximate surface area is 198 Å². The van der Waals surface area contributed by atoms with E-state index < -0.39 is 9.84 Å². The molecule has 0 radical (unpaired) electrons. The maximum atomic E-state index is 13.1. The van der Waals surface area contributed by atoms with Gasteiger partial charge in [0, 0.05) is 23.3 Å². The molecule has 1 aliphatic rings. The second-order valence-electron chi connectivity index (χ2n) is 8.88. The number of likely N-dealkylation sites (tertiary alicyclic amines) is 1. The lowest BCUT2D eigenvalue weighted by atomic mass is 10.1. The van der Waals surface area contributed by atoms with Gasteiger partial charge in [-0.3, -0.25) is 9.36 Å². The third kappa shape index (κ3) is 4.62. The van der Waals surface area contributed by atoms with Crippen LogP contribution in [-0.2, 0) is 9.84 Å². The molecule has 0 bridgehead atoms.